The number of benzene rings is 1. The van der Waals surface area contributed by atoms with Crippen LogP contribution >= 0.6 is 0 Å². The van der Waals surface area contributed by atoms with Gasteiger partial charge in [0.1, 0.15) is 10.5 Å². The van der Waals surface area contributed by atoms with E-state index in [0.717, 1.165) is 17.8 Å². The lowest BCUT2D eigenvalue weighted by atomic mass is 9.75. The van der Waals surface area contributed by atoms with E-state index in [9.17, 15) is 0 Å². The third-order valence-electron chi connectivity index (χ3n) is 5.30. The predicted octanol–water partition coefficient (Wildman–Crippen LogP) is 4.38. The normalized spacial score (nSPS) is 36.4. The van der Waals surface area contributed by atoms with Gasteiger partial charge in [-0.1, -0.05) is 43.7 Å². The molecule has 110 valence electrons. The molecule has 0 spiro atoms. The fraction of sp³-hybridized carbons (Fsp3) is 0.667. The molecule has 1 saturated carbocycles. The highest BCUT2D eigenvalue weighted by Gasteiger charge is 2.54. The van der Waals surface area contributed by atoms with Gasteiger partial charge in [-0.2, -0.15) is 0 Å². The van der Waals surface area contributed by atoms with E-state index >= 15 is 0 Å². The van der Waals surface area contributed by atoms with Gasteiger partial charge < -0.3 is 4.74 Å². The van der Waals surface area contributed by atoms with Crippen LogP contribution in [0.1, 0.15) is 45.6 Å². The van der Waals surface area contributed by atoms with Crippen LogP contribution in [0.15, 0.2) is 30.3 Å². The molecule has 1 saturated heterocycles. The third kappa shape index (κ3) is 2.78. The fourth-order valence-corrected chi connectivity index (χ4v) is 6.24. The van der Waals surface area contributed by atoms with Crippen molar-refractivity contribution in [1.82, 2.24) is 0 Å². The Labute approximate surface area is 126 Å². The molecule has 2 aliphatic rings. The largest absolute Gasteiger partial charge is 0.332 e. The highest BCUT2D eigenvalue weighted by atomic mass is 32.2. The third-order valence-corrected chi connectivity index (χ3v) is 8.19. The molecule has 2 fully saturated rings. The minimum atomic E-state index is 0.342. The first kappa shape index (κ1) is 14.5. The van der Waals surface area contributed by atoms with Gasteiger partial charge in [0, 0.05) is 22.4 Å². The SMILES string of the molecule is CC1CCC2[C@@H](C1)OC[S+](Cc1ccccc1)C2(C)C. The van der Waals surface area contributed by atoms with Gasteiger partial charge in [0.05, 0.1) is 6.10 Å². The van der Waals surface area contributed by atoms with Crippen molar-refractivity contribution in [2.45, 2.75) is 56.6 Å². The van der Waals surface area contributed by atoms with E-state index in [-0.39, 0.29) is 0 Å². The quantitative estimate of drug-likeness (QED) is 0.735. The van der Waals surface area contributed by atoms with Crippen molar-refractivity contribution >= 4 is 10.9 Å². The van der Waals surface area contributed by atoms with Gasteiger partial charge in [-0.25, -0.2) is 0 Å². The maximum Gasteiger partial charge on any atom is 0.209 e. The van der Waals surface area contributed by atoms with Crippen LogP contribution in [-0.2, 0) is 21.4 Å². The molecule has 0 aromatic heterocycles. The number of ether oxygens (including phenoxy) is 1. The van der Waals surface area contributed by atoms with E-state index in [1.165, 1.54) is 30.6 Å². The van der Waals surface area contributed by atoms with E-state index in [0.29, 0.717) is 21.7 Å². The van der Waals surface area contributed by atoms with Gasteiger partial charge >= 0.3 is 0 Å². The molecule has 0 bridgehead atoms. The summed E-state index contributed by atoms with van der Waals surface area (Å²) in [6.45, 7) is 7.37. The molecule has 3 rings (SSSR count). The maximum atomic E-state index is 6.29. The minimum absolute atomic E-state index is 0.342. The molecular formula is C18H27OS+. The van der Waals surface area contributed by atoms with E-state index in [1.54, 1.807) is 0 Å². The lowest BCUT2D eigenvalue weighted by molar-refractivity contribution is -0.0251. The highest BCUT2D eigenvalue weighted by Crippen LogP contribution is 2.46. The van der Waals surface area contributed by atoms with Crippen molar-refractivity contribution in [2.24, 2.45) is 11.8 Å². The standard InChI is InChI=1S/C18H27OS/c1-14-9-10-16-17(11-14)19-13-20(18(16,2)3)12-15-7-5-4-6-8-15/h4-8,14,16-17H,9-13H2,1-3H3/q+1/t14?,16?,17-,20?/m1/s1. The van der Waals surface area contributed by atoms with Crippen LogP contribution in [0.5, 0.6) is 0 Å². The van der Waals surface area contributed by atoms with Crippen molar-refractivity contribution < 1.29 is 4.74 Å². The topological polar surface area (TPSA) is 9.23 Å². The summed E-state index contributed by atoms with van der Waals surface area (Å²) in [4.78, 5) is 0. The van der Waals surface area contributed by atoms with Crippen LogP contribution in [0.2, 0.25) is 0 Å². The van der Waals surface area contributed by atoms with E-state index < -0.39 is 0 Å². The molecule has 1 aromatic carbocycles. The van der Waals surface area contributed by atoms with Gasteiger partial charge in [0.15, 0.2) is 0 Å². The van der Waals surface area contributed by atoms with Crippen LogP contribution in [0.25, 0.3) is 0 Å². The molecule has 0 amide bonds. The molecule has 1 aromatic rings. The smallest absolute Gasteiger partial charge is 0.209 e. The van der Waals surface area contributed by atoms with Crippen LogP contribution in [-0.4, -0.2) is 16.8 Å². The Morgan fingerprint density at radius 2 is 1.95 bits per heavy atom. The molecule has 1 nitrogen and oxygen atoms in total. The average molecular weight is 291 g/mol. The Hall–Kier alpha value is -0.470. The van der Waals surface area contributed by atoms with Crippen molar-refractivity contribution in [3.8, 4) is 0 Å². The molecule has 0 N–H and O–H groups in total. The molecule has 20 heavy (non-hydrogen) atoms. The Balaban J connectivity index is 1.74. The second-order valence-corrected chi connectivity index (χ2v) is 9.64. The molecule has 0 radical (unpaired) electrons. The van der Waals surface area contributed by atoms with Crippen LogP contribution in [0.4, 0.5) is 0 Å². The first-order chi connectivity index (χ1) is 9.57. The van der Waals surface area contributed by atoms with Gasteiger partial charge in [-0.05, 0) is 32.6 Å². The molecule has 4 atom stereocenters. The number of hydrogen-bond acceptors (Lipinski definition) is 1. The Morgan fingerprint density at radius 3 is 2.70 bits per heavy atom. The highest BCUT2D eigenvalue weighted by molar-refractivity contribution is 7.97. The number of hydrogen-bond donors (Lipinski definition) is 0. The predicted molar refractivity (Wildman–Crippen MR) is 87.8 cm³/mol. The summed E-state index contributed by atoms with van der Waals surface area (Å²) in [6.07, 6.45) is 4.54. The van der Waals surface area contributed by atoms with Gasteiger partial charge in [0.25, 0.3) is 0 Å². The molecule has 2 heteroatoms. The number of rotatable bonds is 2. The van der Waals surface area contributed by atoms with E-state index in [4.69, 9.17) is 4.74 Å². The summed E-state index contributed by atoms with van der Waals surface area (Å²) in [5.74, 6) is 3.77. The summed E-state index contributed by atoms with van der Waals surface area (Å²) < 4.78 is 6.71. The first-order valence-corrected chi connectivity index (χ1v) is 9.47. The van der Waals surface area contributed by atoms with Crippen LogP contribution in [0, 0.1) is 11.8 Å². The lowest BCUT2D eigenvalue weighted by Gasteiger charge is -2.46. The first-order valence-electron chi connectivity index (χ1n) is 7.90. The fourth-order valence-electron chi connectivity index (χ4n) is 3.85. The van der Waals surface area contributed by atoms with E-state index in [1.807, 2.05) is 0 Å². The summed E-state index contributed by atoms with van der Waals surface area (Å²) >= 11 is 0. The molecule has 1 heterocycles. The van der Waals surface area contributed by atoms with E-state index in [2.05, 4.69) is 51.1 Å². The van der Waals surface area contributed by atoms with Crippen molar-refractivity contribution in [3.05, 3.63) is 35.9 Å². The van der Waals surface area contributed by atoms with Crippen LogP contribution in [0.3, 0.4) is 0 Å². The van der Waals surface area contributed by atoms with Crippen molar-refractivity contribution in [1.29, 1.82) is 0 Å². The zero-order chi connectivity index (χ0) is 14.2. The second-order valence-electron chi connectivity index (χ2n) is 7.07. The van der Waals surface area contributed by atoms with Gasteiger partial charge in [-0.15, -0.1) is 0 Å². The Morgan fingerprint density at radius 1 is 1.20 bits per heavy atom. The van der Waals surface area contributed by atoms with Crippen molar-refractivity contribution in [3.63, 3.8) is 0 Å². The molecular weight excluding hydrogens is 264 g/mol. The summed E-state index contributed by atoms with van der Waals surface area (Å²) in [5, 5.41) is 0. The summed E-state index contributed by atoms with van der Waals surface area (Å²) in [7, 11) is 0.342. The monoisotopic (exact) mass is 291 g/mol. The van der Waals surface area contributed by atoms with Gasteiger partial charge in [-0.3, -0.25) is 0 Å². The summed E-state index contributed by atoms with van der Waals surface area (Å²) in [6, 6.07) is 10.9. The van der Waals surface area contributed by atoms with Gasteiger partial charge in [0.2, 0.25) is 5.94 Å². The van der Waals surface area contributed by atoms with Crippen LogP contribution < -0.4 is 0 Å². The zero-order valence-corrected chi connectivity index (χ0v) is 13.8. The van der Waals surface area contributed by atoms with Crippen molar-refractivity contribution in [2.75, 3.05) is 5.94 Å². The minimum Gasteiger partial charge on any atom is -0.332 e. The average Bonchev–Trinajstić information content (AvgIpc) is 2.43. The molecule has 1 aliphatic carbocycles. The zero-order valence-electron chi connectivity index (χ0n) is 13.0. The summed E-state index contributed by atoms with van der Waals surface area (Å²) in [5.41, 5.74) is 1.47. The lowest BCUT2D eigenvalue weighted by Crippen LogP contribution is -2.55. The maximum absolute atomic E-state index is 6.29. The Bertz CT molecular complexity index is 442. The molecule has 3 unspecified atom stereocenters. The number of fused-ring (bicyclic) bond motifs is 1. The second kappa shape index (κ2) is 5.73. The molecule has 1 aliphatic heterocycles. The Kier molecular flexibility index (Phi) is 4.14.